The first-order valence-corrected chi connectivity index (χ1v) is 11.9. The Balaban J connectivity index is 1.20. The van der Waals surface area contributed by atoms with Gasteiger partial charge in [-0.15, -0.1) is 0 Å². The van der Waals surface area contributed by atoms with Crippen LogP contribution < -0.4 is 10.4 Å². The summed E-state index contributed by atoms with van der Waals surface area (Å²) in [5.74, 6) is -1.78. The van der Waals surface area contributed by atoms with Gasteiger partial charge in [-0.05, 0) is 29.0 Å². The van der Waals surface area contributed by atoms with Gasteiger partial charge < -0.3 is 14.1 Å². The van der Waals surface area contributed by atoms with Crippen LogP contribution in [0.1, 0.15) is 23.2 Å². The van der Waals surface area contributed by atoms with Crippen LogP contribution in [0.25, 0.3) is 32.0 Å². The second kappa shape index (κ2) is 8.42. The topological polar surface area (TPSA) is 72.6 Å². The highest BCUT2D eigenvalue weighted by Gasteiger charge is 2.28. The number of hydrogen-bond acceptors (Lipinski definition) is 6. The minimum Gasteiger partial charge on any atom is -0.467 e. The predicted octanol–water partition coefficient (Wildman–Crippen LogP) is 5.52. The second-order valence-electron chi connectivity index (χ2n) is 8.47. The van der Waals surface area contributed by atoms with Gasteiger partial charge in [0.1, 0.15) is 28.6 Å². The zero-order valence-corrected chi connectivity index (χ0v) is 19.1. The molecule has 6 rings (SSSR count). The summed E-state index contributed by atoms with van der Waals surface area (Å²) in [6, 6.07) is 15.0. The lowest BCUT2D eigenvalue weighted by Gasteiger charge is -2.31. The van der Waals surface area contributed by atoms with Crippen molar-refractivity contribution in [2.45, 2.75) is 18.9 Å². The van der Waals surface area contributed by atoms with E-state index < -0.39 is 17.3 Å². The third-order valence-electron chi connectivity index (χ3n) is 6.26. The molecule has 35 heavy (non-hydrogen) atoms. The normalized spacial score (nSPS) is 14.7. The summed E-state index contributed by atoms with van der Waals surface area (Å²) < 4.78 is 39.1. The molecule has 0 spiro atoms. The average Bonchev–Trinajstić information content (AvgIpc) is 3.26. The zero-order valence-electron chi connectivity index (χ0n) is 18.3. The number of fused-ring (bicyclic) bond motifs is 4. The highest BCUT2D eigenvalue weighted by Crippen LogP contribution is 2.32. The predicted molar refractivity (Wildman–Crippen MR) is 129 cm³/mol. The van der Waals surface area contributed by atoms with Crippen molar-refractivity contribution in [2.24, 2.45) is 0 Å². The molecular formula is C26H18F2N2O4S. The fourth-order valence-corrected chi connectivity index (χ4v) is 5.42. The number of carbonyl (C=O) groups excluding carboxylic acids is 1. The van der Waals surface area contributed by atoms with Gasteiger partial charge in [0.05, 0.1) is 4.70 Å². The summed E-state index contributed by atoms with van der Waals surface area (Å²) in [5, 5.41) is 2.87. The first-order chi connectivity index (χ1) is 17.0. The number of ether oxygens (including phenoxy) is 1. The molecular weight excluding hydrogens is 474 g/mol. The number of amides is 1. The molecule has 0 bridgehead atoms. The van der Waals surface area contributed by atoms with Crippen LogP contribution in [-0.4, -0.2) is 35.0 Å². The van der Waals surface area contributed by atoms with Gasteiger partial charge in [0, 0.05) is 37.4 Å². The van der Waals surface area contributed by atoms with Crippen molar-refractivity contribution < 1.29 is 22.7 Å². The van der Waals surface area contributed by atoms with Gasteiger partial charge in [0.25, 0.3) is 11.1 Å². The molecule has 1 amide bonds. The molecule has 5 aromatic rings. The smallest absolute Gasteiger partial charge is 0.349 e. The zero-order chi connectivity index (χ0) is 24.1. The molecule has 1 aliphatic rings. The Labute approximate surface area is 201 Å². The van der Waals surface area contributed by atoms with Crippen LogP contribution >= 0.6 is 11.3 Å². The van der Waals surface area contributed by atoms with E-state index in [1.54, 1.807) is 17.0 Å². The molecule has 3 aromatic carbocycles. The van der Waals surface area contributed by atoms with Crippen molar-refractivity contribution in [3.05, 3.63) is 82.2 Å². The summed E-state index contributed by atoms with van der Waals surface area (Å²) in [7, 11) is 0. The van der Waals surface area contributed by atoms with Gasteiger partial charge in [-0.2, -0.15) is 4.98 Å². The third kappa shape index (κ3) is 3.91. The van der Waals surface area contributed by atoms with E-state index >= 15 is 0 Å². The Morgan fingerprint density at radius 3 is 2.69 bits per heavy atom. The van der Waals surface area contributed by atoms with Crippen LogP contribution in [0.2, 0.25) is 0 Å². The summed E-state index contributed by atoms with van der Waals surface area (Å²) >= 11 is 1.08. The molecule has 0 atom stereocenters. The van der Waals surface area contributed by atoms with E-state index in [4.69, 9.17) is 9.15 Å². The van der Waals surface area contributed by atoms with E-state index in [-0.39, 0.29) is 28.3 Å². The molecule has 9 heteroatoms. The van der Waals surface area contributed by atoms with Crippen LogP contribution in [0.15, 0.2) is 63.8 Å². The fourth-order valence-electron chi connectivity index (χ4n) is 4.50. The van der Waals surface area contributed by atoms with Crippen LogP contribution in [-0.2, 0) is 0 Å². The lowest BCUT2D eigenvalue weighted by atomic mass is 10.0. The summed E-state index contributed by atoms with van der Waals surface area (Å²) in [4.78, 5) is 31.5. The summed E-state index contributed by atoms with van der Waals surface area (Å²) in [6.45, 7) is 0.759. The minimum atomic E-state index is -0.728. The third-order valence-corrected chi connectivity index (χ3v) is 7.16. The highest BCUT2D eigenvalue weighted by atomic mass is 32.1. The molecule has 1 fully saturated rings. The van der Waals surface area contributed by atoms with Crippen LogP contribution in [0, 0.1) is 11.6 Å². The highest BCUT2D eigenvalue weighted by molar-refractivity contribution is 7.20. The average molecular weight is 493 g/mol. The van der Waals surface area contributed by atoms with Gasteiger partial charge in [0.15, 0.2) is 5.82 Å². The number of benzene rings is 3. The molecule has 0 radical (unpaired) electrons. The summed E-state index contributed by atoms with van der Waals surface area (Å²) in [5.41, 5.74) is -0.157. The molecule has 1 saturated heterocycles. The Morgan fingerprint density at radius 1 is 1.06 bits per heavy atom. The number of carbonyl (C=O) groups is 1. The van der Waals surface area contributed by atoms with Crippen molar-refractivity contribution in [1.82, 2.24) is 9.88 Å². The number of piperidine rings is 1. The number of halogens is 2. The number of thiazole rings is 1. The summed E-state index contributed by atoms with van der Waals surface area (Å²) in [6.07, 6.45) is 0.797. The van der Waals surface area contributed by atoms with Gasteiger partial charge in [-0.1, -0.05) is 41.7 Å². The lowest BCUT2D eigenvalue weighted by molar-refractivity contribution is 0.0592. The standard InChI is InChI=1S/C26H18F2N2O4S/c27-15-11-20(28)23-22(12-15)35-26(29-23)33-16-7-9-30(10-8-16)24(31)19-13-18-17-4-2-1-3-14(17)5-6-21(18)34-25(19)32/h1-6,11-13,16H,7-10H2. The van der Waals surface area contributed by atoms with Crippen molar-refractivity contribution in [1.29, 1.82) is 0 Å². The van der Waals surface area contributed by atoms with Crippen LogP contribution in [0.4, 0.5) is 8.78 Å². The number of rotatable bonds is 3. The Bertz CT molecular complexity index is 1670. The number of aromatic nitrogens is 1. The molecule has 6 nitrogen and oxygen atoms in total. The molecule has 0 saturated carbocycles. The number of nitrogens with zero attached hydrogens (tertiary/aromatic N) is 2. The van der Waals surface area contributed by atoms with Gasteiger partial charge in [-0.25, -0.2) is 13.6 Å². The second-order valence-corrected chi connectivity index (χ2v) is 9.46. The van der Waals surface area contributed by atoms with E-state index in [0.717, 1.165) is 28.2 Å². The number of likely N-dealkylation sites (tertiary alicyclic amines) is 1. The maximum absolute atomic E-state index is 13.9. The van der Waals surface area contributed by atoms with Crippen molar-refractivity contribution in [2.75, 3.05) is 13.1 Å². The molecule has 176 valence electrons. The van der Waals surface area contributed by atoms with Crippen LogP contribution in [0.5, 0.6) is 5.19 Å². The molecule has 0 aliphatic carbocycles. The molecule has 1 aliphatic heterocycles. The van der Waals surface area contributed by atoms with E-state index in [1.807, 2.05) is 30.3 Å². The van der Waals surface area contributed by atoms with Crippen molar-refractivity contribution in [3.63, 3.8) is 0 Å². The van der Waals surface area contributed by atoms with E-state index in [2.05, 4.69) is 4.98 Å². The fraction of sp³-hybridized carbons (Fsp3) is 0.192. The Hall–Kier alpha value is -3.85. The first-order valence-electron chi connectivity index (χ1n) is 11.1. The van der Waals surface area contributed by atoms with Gasteiger partial charge in [-0.3, -0.25) is 4.79 Å². The van der Waals surface area contributed by atoms with Crippen molar-refractivity contribution >= 4 is 49.2 Å². The van der Waals surface area contributed by atoms with E-state index in [1.165, 1.54) is 6.07 Å². The maximum Gasteiger partial charge on any atom is 0.349 e. The van der Waals surface area contributed by atoms with Crippen molar-refractivity contribution in [3.8, 4) is 5.19 Å². The molecule has 0 N–H and O–H groups in total. The largest absolute Gasteiger partial charge is 0.467 e. The minimum absolute atomic E-state index is 0.00287. The van der Waals surface area contributed by atoms with Gasteiger partial charge in [0.2, 0.25) is 0 Å². The van der Waals surface area contributed by atoms with Crippen LogP contribution in [0.3, 0.4) is 0 Å². The molecule has 2 aromatic heterocycles. The van der Waals surface area contributed by atoms with Gasteiger partial charge >= 0.3 is 5.63 Å². The lowest BCUT2D eigenvalue weighted by Crippen LogP contribution is -2.43. The SMILES string of the molecule is O=C(c1cc2c(ccc3ccccc32)oc1=O)N1CCC(Oc2nc3c(F)cc(F)cc3s2)CC1. The molecule has 3 heterocycles. The maximum atomic E-state index is 13.9. The first kappa shape index (κ1) is 21.7. The Kier molecular flexibility index (Phi) is 5.21. The Morgan fingerprint density at radius 2 is 1.86 bits per heavy atom. The number of hydrogen-bond donors (Lipinski definition) is 0. The van der Waals surface area contributed by atoms with E-state index in [0.29, 0.717) is 41.6 Å². The molecule has 0 unspecified atom stereocenters. The van der Waals surface area contributed by atoms with E-state index in [9.17, 15) is 18.4 Å². The quantitative estimate of drug-likeness (QED) is 0.245. The monoisotopic (exact) mass is 492 g/mol.